The van der Waals surface area contributed by atoms with E-state index in [1.165, 1.54) is 12.1 Å². The molecule has 0 saturated carbocycles. The Morgan fingerprint density at radius 2 is 1.13 bits per heavy atom. The number of rotatable bonds is 9. The Kier molecular flexibility index (Phi) is 8.67. The van der Waals surface area contributed by atoms with E-state index >= 15 is 0 Å². The van der Waals surface area contributed by atoms with Crippen molar-refractivity contribution in [2.24, 2.45) is 0 Å². The zero-order valence-electron chi connectivity index (χ0n) is 22.4. The van der Waals surface area contributed by atoms with Gasteiger partial charge in [-0.1, -0.05) is 18.2 Å². The van der Waals surface area contributed by atoms with Crippen molar-refractivity contribution in [3.63, 3.8) is 0 Å². The van der Waals surface area contributed by atoms with E-state index in [9.17, 15) is 65.9 Å². The SMILES string of the molecule is O=C(O)c1cccc(Oc2cc(-c3cc(C(F)(F)F)c(C(=O)O)c(C(F)(F)F)c3Oc3cccc(C(=O)O)c3)ccc2C(=O)O)c1. The number of benzene rings is 4. The summed E-state index contributed by atoms with van der Waals surface area (Å²) >= 11 is 0. The summed E-state index contributed by atoms with van der Waals surface area (Å²) in [4.78, 5) is 46.6. The Hall–Kier alpha value is -6.06. The number of hydrogen-bond acceptors (Lipinski definition) is 6. The third kappa shape index (κ3) is 6.85. The predicted octanol–water partition coefficient (Wildman–Crippen LogP) is 7.77. The molecular formula is C30H16F6O10. The Morgan fingerprint density at radius 1 is 0.587 bits per heavy atom. The summed E-state index contributed by atoms with van der Waals surface area (Å²) in [6.45, 7) is 0. The molecule has 0 fully saturated rings. The van der Waals surface area contributed by atoms with Crippen LogP contribution in [0.3, 0.4) is 0 Å². The second kappa shape index (κ2) is 12.1. The van der Waals surface area contributed by atoms with Crippen molar-refractivity contribution >= 4 is 23.9 Å². The monoisotopic (exact) mass is 650 g/mol. The van der Waals surface area contributed by atoms with Crippen molar-refractivity contribution in [1.82, 2.24) is 0 Å². The fourth-order valence-electron chi connectivity index (χ4n) is 4.28. The van der Waals surface area contributed by atoms with Crippen molar-refractivity contribution < 1.29 is 75.4 Å². The van der Waals surface area contributed by atoms with E-state index in [0.717, 1.165) is 54.6 Å². The van der Waals surface area contributed by atoms with Crippen molar-refractivity contribution in [2.75, 3.05) is 0 Å². The van der Waals surface area contributed by atoms with Gasteiger partial charge in [-0.15, -0.1) is 0 Å². The molecule has 4 rings (SSSR count). The first-order valence-corrected chi connectivity index (χ1v) is 12.4. The number of ether oxygens (including phenoxy) is 2. The van der Waals surface area contributed by atoms with Gasteiger partial charge in [-0.2, -0.15) is 26.3 Å². The molecule has 4 aromatic carbocycles. The van der Waals surface area contributed by atoms with Crippen LogP contribution < -0.4 is 9.47 Å². The summed E-state index contributed by atoms with van der Waals surface area (Å²) in [6, 6.07) is 10.7. The summed E-state index contributed by atoms with van der Waals surface area (Å²) in [5, 5.41) is 37.7. The third-order valence-corrected chi connectivity index (χ3v) is 6.22. The van der Waals surface area contributed by atoms with Crippen molar-refractivity contribution in [2.45, 2.75) is 12.4 Å². The molecule has 0 spiro atoms. The van der Waals surface area contributed by atoms with Crippen LogP contribution in [0.4, 0.5) is 26.3 Å². The van der Waals surface area contributed by atoms with Crippen LogP contribution in [0.25, 0.3) is 11.1 Å². The van der Waals surface area contributed by atoms with Crippen LogP contribution in [0.1, 0.15) is 52.6 Å². The van der Waals surface area contributed by atoms with Crippen molar-refractivity contribution in [3.05, 3.63) is 106 Å². The standard InChI is InChI=1S/C30H16F6O10/c31-29(32,33)20-12-19(13-7-8-18(27(41)42)21(11-13)45-16-5-1-3-14(9-16)25(37)38)24(23(30(34,35)36)22(20)28(43)44)46-17-6-2-4-15(10-17)26(39)40/h1-12H,(H,37,38)(H,39,40)(H,41,42)(H,43,44). The maximum Gasteiger partial charge on any atom is 0.420 e. The molecule has 0 aliphatic carbocycles. The van der Waals surface area contributed by atoms with E-state index < -0.39 is 92.4 Å². The predicted molar refractivity (Wildman–Crippen MR) is 143 cm³/mol. The Bertz CT molecular complexity index is 1900. The fraction of sp³-hybridized carbons (Fsp3) is 0.0667. The molecule has 0 aliphatic heterocycles. The molecule has 0 heterocycles. The highest BCUT2D eigenvalue weighted by atomic mass is 19.4. The number of hydrogen-bond donors (Lipinski definition) is 4. The molecule has 10 nitrogen and oxygen atoms in total. The second-order valence-corrected chi connectivity index (χ2v) is 9.24. The van der Waals surface area contributed by atoms with Crippen molar-refractivity contribution in [3.8, 4) is 34.1 Å². The number of alkyl halides is 6. The highest BCUT2D eigenvalue weighted by Gasteiger charge is 2.47. The van der Waals surface area contributed by atoms with Gasteiger partial charge in [0.25, 0.3) is 0 Å². The van der Waals surface area contributed by atoms with Gasteiger partial charge >= 0.3 is 36.2 Å². The Balaban J connectivity index is 2.08. The number of halogens is 6. The van der Waals surface area contributed by atoms with Crippen molar-refractivity contribution in [1.29, 1.82) is 0 Å². The van der Waals surface area contributed by atoms with Crippen LogP contribution in [0.15, 0.2) is 72.8 Å². The third-order valence-electron chi connectivity index (χ3n) is 6.22. The first kappa shape index (κ1) is 32.8. The summed E-state index contributed by atoms with van der Waals surface area (Å²) in [6.07, 6.45) is -11.5. The minimum Gasteiger partial charge on any atom is -0.478 e. The van der Waals surface area contributed by atoms with Crippen LogP contribution in [0.2, 0.25) is 0 Å². The van der Waals surface area contributed by atoms with Gasteiger partial charge in [0.05, 0.1) is 22.3 Å². The normalized spacial score (nSPS) is 11.5. The summed E-state index contributed by atoms with van der Waals surface area (Å²) in [5.41, 5.74) is -9.88. The van der Waals surface area contributed by atoms with Gasteiger partial charge in [-0.05, 0) is 60.2 Å². The number of carboxylic acids is 4. The largest absolute Gasteiger partial charge is 0.478 e. The average Bonchev–Trinajstić information content (AvgIpc) is 2.95. The zero-order chi connectivity index (χ0) is 34.1. The molecule has 0 radical (unpaired) electrons. The molecular weight excluding hydrogens is 634 g/mol. The van der Waals surface area contributed by atoms with E-state index in [4.69, 9.17) is 9.47 Å². The topological polar surface area (TPSA) is 168 Å². The van der Waals surface area contributed by atoms with Gasteiger partial charge in [-0.25, -0.2) is 19.2 Å². The lowest BCUT2D eigenvalue weighted by Gasteiger charge is -2.23. The molecule has 0 atom stereocenters. The smallest absolute Gasteiger partial charge is 0.420 e. The molecule has 0 saturated heterocycles. The van der Waals surface area contributed by atoms with E-state index in [0.29, 0.717) is 0 Å². The molecule has 0 aliphatic rings. The van der Waals surface area contributed by atoms with Gasteiger partial charge in [-0.3, -0.25) is 0 Å². The molecule has 0 unspecified atom stereocenters. The summed E-state index contributed by atoms with van der Waals surface area (Å²) < 4.78 is 96.8. The lowest BCUT2D eigenvalue weighted by Crippen LogP contribution is -2.21. The molecule has 0 bridgehead atoms. The summed E-state index contributed by atoms with van der Waals surface area (Å²) in [7, 11) is 0. The van der Waals surface area contributed by atoms with Crippen LogP contribution in [0.5, 0.6) is 23.0 Å². The van der Waals surface area contributed by atoms with E-state index in [1.54, 1.807) is 0 Å². The molecule has 0 aromatic heterocycles. The minimum atomic E-state index is -5.80. The van der Waals surface area contributed by atoms with Gasteiger partial charge in [0.2, 0.25) is 0 Å². The fourth-order valence-corrected chi connectivity index (χ4v) is 4.28. The number of carbonyl (C=O) groups is 4. The highest BCUT2D eigenvalue weighted by molar-refractivity contribution is 5.96. The van der Waals surface area contributed by atoms with Crippen LogP contribution in [-0.2, 0) is 12.4 Å². The molecule has 0 amide bonds. The Labute approximate surface area is 252 Å². The number of carboxylic acid groups (broad SMARTS) is 4. The maximum absolute atomic E-state index is 14.5. The van der Waals surface area contributed by atoms with Gasteiger partial charge in [0.15, 0.2) is 0 Å². The van der Waals surface area contributed by atoms with E-state index in [2.05, 4.69) is 0 Å². The Morgan fingerprint density at radius 3 is 1.59 bits per heavy atom. The lowest BCUT2D eigenvalue weighted by molar-refractivity contribution is -0.144. The first-order valence-electron chi connectivity index (χ1n) is 12.4. The zero-order valence-corrected chi connectivity index (χ0v) is 22.4. The highest BCUT2D eigenvalue weighted by Crippen LogP contribution is 2.50. The van der Waals surface area contributed by atoms with E-state index in [-0.39, 0.29) is 17.4 Å². The molecule has 4 aromatic rings. The van der Waals surface area contributed by atoms with Crippen LogP contribution in [-0.4, -0.2) is 44.3 Å². The first-order chi connectivity index (χ1) is 21.4. The molecule has 46 heavy (non-hydrogen) atoms. The quantitative estimate of drug-likeness (QED) is 0.131. The summed E-state index contributed by atoms with van der Waals surface area (Å²) in [5.74, 6) is -10.2. The van der Waals surface area contributed by atoms with Crippen LogP contribution in [0, 0.1) is 0 Å². The molecule has 238 valence electrons. The average molecular weight is 650 g/mol. The van der Waals surface area contributed by atoms with E-state index in [1.807, 2.05) is 0 Å². The second-order valence-electron chi connectivity index (χ2n) is 9.24. The number of aromatic carboxylic acids is 4. The van der Waals surface area contributed by atoms with Crippen LogP contribution >= 0.6 is 0 Å². The molecule has 16 heteroatoms. The van der Waals surface area contributed by atoms with Gasteiger partial charge in [0.1, 0.15) is 34.1 Å². The minimum absolute atomic E-state index is 0.0552. The van der Waals surface area contributed by atoms with Gasteiger partial charge in [0, 0.05) is 5.56 Å². The lowest BCUT2D eigenvalue weighted by atomic mass is 9.91. The van der Waals surface area contributed by atoms with Gasteiger partial charge < -0.3 is 29.9 Å². The maximum atomic E-state index is 14.5. The molecule has 4 N–H and O–H groups in total.